The first kappa shape index (κ1) is 24.2. The van der Waals surface area contributed by atoms with Crippen molar-refractivity contribution in [2.24, 2.45) is 0 Å². The highest BCUT2D eigenvalue weighted by atomic mass is 32.2. The highest BCUT2D eigenvalue weighted by molar-refractivity contribution is 7.89. The summed E-state index contributed by atoms with van der Waals surface area (Å²) in [5.74, 6) is -0.401. The molecule has 2 N–H and O–H groups in total. The lowest BCUT2D eigenvalue weighted by atomic mass is 10.0. The Kier molecular flexibility index (Phi) is 7.19. The molecule has 1 saturated heterocycles. The van der Waals surface area contributed by atoms with Gasteiger partial charge in [-0.2, -0.15) is 4.31 Å². The number of carbonyl (C=O) groups excluding carboxylic acids is 1. The highest BCUT2D eigenvalue weighted by Crippen LogP contribution is 2.29. The van der Waals surface area contributed by atoms with E-state index in [1.54, 1.807) is 10.4 Å². The standard InChI is InChI=1S/C26H31N3O4S/c1-3-20-6-4-5-15-29(20)34(32,33)21-11-12-24-22(16-21)23(17-25(30)28-24)26(31)27-14-13-19-9-7-18(2)8-10-19/h7-12,16-17,20H,3-6,13-15H2,1-2H3,(H,27,31)(H,28,30)/t20-/m0/s1. The Morgan fingerprint density at radius 2 is 1.88 bits per heavy atom. The van der Waals surface area contributed by atoms with Gasteiger partial charge in [-0.1, -0.05) is 43.2 Å². The fourth-order valence-electron chi connectivity index (χ4n) is 4.59. The molecule has 7 nitrogen and oxygen atoms in total. The number of piperidine rings is 1. The average Bonchev–Trinajstić information content (AvgIpc) is 2.84. The summed E-state index contributed by atoms with van der Waals surface area (Å²) < 4.78 is 28.5. The van der Waals surface area contributed by atoms with Gasteiger partial charge in [0.1, 0.15) is 0 Å². The van der Waals surface area contributed by atoms with Gasteiger partial charge in [0.05, 0.1) is 10.5 Å². The van der Waals surface area contributed by atoms with Crippen molar-refractivity contribution >= 4 is 26.8 Å². The quantitative estimate of drug-likeness (QED) is 0.537. The molecule has 0 aliphatic carbocycles. The van der Waals surface area contributed by atoms with Crippen LogP contribution >= 0.6 is 0 Å². The van der Waals surface area contributed by atoms with E-state index in [1.165, 1.54) is 23.8 Å². The summed E-state index contributed by atoms with van der Waals surface area (Å²) in [6, 6.07) is 13.9. The Bertz CT molecular complexity index is 1350. The lowest BCUT2D eigenvalue weighted by molar-refractivity contribution is 0.0955. The number of H-pyrrole nitrogens is 1. The maximum Gasteiger partial charge on any atom is 0.252 e. The molecule has 0 spiro atoms. The molecule has 1 fully saturated rings. The molecule has 4 rings (SSSR count). The van der Waals surface area contributed by atoms with Crippen molar-refractivity contribution in [3.05, 3.63) is 75.6 Å². The Morgan fingerprint density at radius 3 is 2.62 bits per heavy atom. The topological polar surface area (TPSA) is 99.3 Å². The molecule has 34 heavy (non-hydrogen) atoms. The number of hydrogen-bond donors (Lipinski definition) is 2. The molecule has 2 heterocycles. The molecule has 8 heteroatoms. The summed E-state index contributed by atoms with van der Waals surface area (Å²) in [5.41, 5.74) is 2.46. The molecule has 0 bridgehead atoms. The van der Waals surface area contributed by atoms with Crippen molar-refractivity contribution in [2.75, 3.05) is 13.1 Å². The fourth-order valence-corrected chi connectivity index (χ4v) is 6.38. The van der Waals surface area contributed by atoms with Crippen molar-refractivity contribution in [2.45, 2.75) is 56.9 Å². The molecular formula is C26H31N3O4S. The van der Waals surface area contributed by atoms with E-state index in [9.17, 15) is 18.0 Å². The molecule has 1 aromatic heterocycles. The van der Waals surface area contributed by atoms with E-state index in [1.807, 2.05) is 38.1 Å². The number of nitrogens with zero attached hydrogens (tertiary/aromatic N) is 1. The molecule has 0 radical (unpaired) electrons. The molecule has 1 amide bonds. The Balaban J connectivity index is 1.62. The predicted molar refractivity (Wildman–Crippen MR) is 134 cm³/mol. The SMILES string of the molecule is CC[C@H]1CCCCN1S(=O)(=O)c1ccc2[nH]c(=O)cc(C(=O)NCCc3ccc(C)cc3)c2c1. The van der Waals surface area contributed by atoms with Gasteiger partial charge in [0, 0.05) is 36.1 Å². The molecule has 1 aliphatic heterocycles. The van der Waals surface area contributed by atoms with Crippen LogP contribution in [-0.2, 0) is 16.4 Å². The molecule has 0 saturated carbocycles. The Morgan fingerprint density at radius 1 is 1.12 bits per heavy atom. The van der Waals surface area contributed by atoms with Gasteiger partial charge in [-0.05, 0) is 56.4 Å². The first-order chi connectivity index (χ1) is 16.3. The smallest absolute Gasteiger partial charge is 0.252 e. The van der Waals surface area contributed by atoms with Crippen LogP contribution in [0.3, 0.4) is 0 Å². The van der Waals surface area contributed by atoms with E-state index in [0.29, 0.717) is 30.4 Å². The van der Waals surface area contributed by atoms with Crippen LogP contribution in [0.25, 0.3) is 10.9 Å². The number of hydrogen-bond acceptors (Lipinski definition) is 4. The van der Waals surface area contributed by atoms with Crippen LogP contribution in [0.2, 0.25) is 0 Å². The third kappa shape index (κ3) is 5.08. The van der Waals surface area contributed by atoms with Gasteiger partial charge in [0.2, 0.25) is 15.6 Å². The van der Waals surface area contributed by atoms with Crippen LogP contribution in [-0.4, -0.2) is 42.7 Å². The van der Waals surface area contributed by atoms with E-state index >= 15 is 0 Å². The number of nitrogens with one attached hydrogen (secondary N) is 2. The van der Waals surface area contributed by atoms with Gasteiger partial charge in [-0.25, -0.2) is 8.42 Å². The molecule has 2 aromatic carbocycles. The molecule has 0 unspecified atom stereocenters. The number of benzene rings is 2. The van der Waals surface area contributed by atoms with Gasteiger partial charge in [-0.3, -0.25) is 9.59 Å². The third-order valence-corrected chi connectivity index (χ3v) is 8.48. The van der Waals surface area contributed by atoms with Crippen LogP contribution in [0.15, 0.2) is 58.2 Å². The zero-order chi connectivity index (χ0) is 24.3. The molecule has 3 aromatic rings. The van der Waals surface area contributed by atoms with Crippen molar-refractivity contribution in [3.63, 3.8) is 0 Å². The lowest BCUT2D eigenvalue weighted by Gasteiger charge is -2.34. The van der Waals surface area contributed by atoms with E-state index in [2.05, 4.69) is 10.3 Å². The average molecular weight is 482 g/mol. The highest BCUT2D eigenvalue weighted by Gasteiger charge is 2.32. The van der Waals surface area contributed by atoms with E-state index in [0.717, 1.165) is 31.2 Å². The minimum Gasteiger partial charge on any atom is -0.352 e. The summed E-state index contributed by atoms with van der Waals surface area (Å²) in [5, 5.41) is 3.28. The Labute approximate surface area is 200 Å². The maximum absolute atomic E-state index is 13.5. The largest absolute Gasteiger partial charge is 0.352 e. The number of carbonyl (C=O) groups is 1. The fraction of sp³-hybridized carbons (Fsp3) is 0.385. The van der Waals surface area contributed by atoms with E-state index in [4.69, 9.17) is 0 Å². The van der Waals surface area contributed by atoms with Crippen molar-refractivity contribution in [1.29, 1.82) is 0 Å². The second-order valence-corrected chi connectivity index (χ2v) is 10.8. The van der Waals surface area contributed by atoms with Gasteiger partial charge >= 0.3 is 0 Å². The van der Waals surface area contributed by atoms with Gasteiger partial charge in [-0.15, -0.1) is 0 Å². The summed E-state index contributed by atoms with van der Waals surface area (Å²) in [6.07, 6.45) is 4.13. The summed E-state index contributed by atoms with van der Waals surface area (Å²) >= 11 is 0. The zero-order valence-electron chi connectivity index (χ0n) is 19.6. The zero-order valence-corrected chi connectivity index (χ0v) is 20.5. The second-order valence-electron chi connectivity index (χ2n) is 8.92. The molecule has 180 valence electrons. The van der Waals surface area contributed by atoms with Crippen LogP contribution in [0.1, 0.15) is 54.1 Å². The van der Waals surface area contributed by atoms with Crippen LogP contribution < -0.4 is 10.9 Å². The maximum atomic E-state index is 13.5. The van der Waals surface area contributed by atoms with Crippen LogP contribution in [0.5, 0.6) is 0 Å². The minimum absolute atomic E-state index is 0.0189. The van der Waals surface area contributed by atoms with Crippen molar-refractivity contribution < 1.29 is 13.2 Å². The first-order valence-corrected chi connectivity index (χ1v) is 13.3. The summed E-state index contributed by atoms with van der Waals surface area (Å²) in [6.45, 7) is 4.92. The van der Waals surface area contributed by atoms with E-state index in [-0.39, 0.29) is 16.5 Å². The Hall–Kier alpha value is -2.97. The summed E-state index contributed by atoms with van der Waals surface area (Å²) in [7, 11) is -3.71. The van der Waals surface area contributed by atoms with Crippen molar-refractivity contribution in [3.8, 4) is 0 Å². The van der Waals surface area contributed by atoms with Gasteiger partial charge in [0.25, 0.3) is 5.91 Å². The molecule has 1 atom stereocenters. The number of aromatic amines is 1. The summed E-state index contributed by atoms with van der Waals surface area (Å²) in [4.78, 5) is 28.0. The van der Waals surface area contributed by atoms with Crippen LogP contribution in [0, 0.1) is 6.92 Å². The molecular weight excluding hydrogens is 450 g/mol. The first-order valence-electron chi connectivity index (χ1n) is 11.8. The lowest BCUT2D eigenvalue weighted by Crippen LogP contribution is -2.43. The second kappa shape index (κ2) is 10.1. The number of aryl methyl sites for hydroxylation is 1. The normalized spacial score (nSPS) is 17.1. The molecule has 1 aliphatic rings. The van der Waals surface area contributed by atoms with Crippen LogP contribution in [0.4, 0.5) is 0 Å². The number of amides is 1. The van der Waals surface area contributed by atoms with Crippen molar-refractivity contribution in [1.82, 2.24) is 14.6 Å². The number of sulfonamides is 1. The minimum atomic E-state index is -3.71. The number of rotatable bonds is 7. The predicted octanol–water partition coefficient (Wildman–Crippen LogP) is 3.76. The van der Waals surface area contributed by atoms with Gasteiger partial charge in [0.15, 0.2) is 0 Å². The monoisotopic (exact) mass is 481 g/mol. The number of pyridine rings is 1. The third-order valence-electron chi connectivity index (χ3n) is 6.53. The van der Waals surface area contributed by atoms with E-state index < -0.39 is 21.5 Å². The number of aromatic nitrogens is 1. The van der Waals surface area contributed by atoms with Gasteiger partial charge < -0.3 is 10.3 Å². The number of fused-ring (bicyclic) bond motifs is 1.